The second-order valence-electron chi connectivity index (χ2n) is 12.5. The van der Waals surface area contributed by atoms with Crippen LogP contribution in [0.25, 0.3) is 10.9 Å². The van der Waals surface area contributed by atoms with Gasteiger partial charge in [0.05, 0.1) is 24.7 Å². The summed E-state index contributed by atoms with van der Waals surface area (Å²) in [5.74, 6) is 3.43. The zero-order valence-electron chi connectivity index (χ0n) is 27.0. The van der Waals surface area contributed by atoms with Gasteiger partial charge in [-0.05, 0) is 62.6 Å². The number of anilines is 2. The van der Waals surface area contributed by atoms with Crippen molar-refractivity contribution in [2.24, 2.45) is 11.3 Å². The van der Waals surface area contributed by atoms with Gasteiger partial charge >= 0.3 is 0 Å². The van der Waals surface area contributed by atoms with E-state index in [1.165, 1.54) is 6.33 Å². The van der Waals surface area contributed by atoms with Gasteiger partial charge in [0.15, 0.2) is 5.78 Å². The van der Waals surface area contributed by atoms with Crippen molar-refractivity contribution in [2.45, 2.75) is 65.5 Å². The third-order valence-corrected chi connectivity index (χ3v) is 8.41. The van der Waals surface area contributed by atoms with Crippen molar-refractivity contribution in [3.05, 3.63) is 48.3 Å². The number of terminal acetylenes is 1. The predicted molar refractivity (Wildman–Crippen MR) is 175 cm³/mol. The zero-order chi connectivity index (χ0) is 32.7. The number of nitrogens with zero attached hydrogens (tertiary/aromatic N) is 3. The second-order valence-corrected chi connectivity index (χ2v) is 12.5. The van der Waals surface area contributed by atoms with E-state index >= 15 is 0 Å². The normalized spacial score (nSPS) is 16.1. The van der Waals surface area contributed by atoms with Crippen molar-refractivity contribution in [3.8, 4) is 23.8 Å². The minimum absolute atomic E-state index is 0.0199. The monoisotopic (exact) mass is 613 g/mol. The Labute approximate surface area is 265 Å². The number of hydrogen-bond donors (Lipinski definition) is 2. The van der Waals surface area contributed by atoms with Gasteiger partial charge in [0.2, 0.25) is 5.91 Å². The number of carbonyl (C=O) groups excluding carboxylic acids is 3. The van der Waals surface area contributed by atoms with Crippen molar-refractivity contribution in [2.75, 3.05) is 32.6 Å². The van der Waals surface area contributed by atoms with Crippen LogP contribution >= 0.6 is 0 Å². The van der Waals surface area contributed by atoms with E-state index in [0.29, 0.717) is 41.4 Å². The van der Waals surface area contributed by atoms with Crippen LogP contribution in [0.3, 0.4) is 0 Å². The number of likely N-dealkylation sites (N-methyl/N-ethyl adjacent to an activating group) is 1. The van der Waals surface area contributed by atoms with Crippen LogP contribution < -0.4 is 20.1 Å². The molecular formula is C35H43N5O5. The zero-order valence-corrected chi connectivity index (χ0v) is 27.0. The molecule has 0 spiro atoms. The molecule has 45 heavy (non-hydrogen) atoms. The first-order chi connectivity index (χ1) is 21.5. The Balaban J connectivity index is 1.57. The highest BCUT2D eigenvalue weighted by Gasteiger charge is 2.42. The molecule has 1 saturated heterocycles. The number of benzene rings is 2. The molecule has 2 heterocycles. The molecule has 1 aromatic heterocycles. The summed E-state index contributed by atoms with van der Waals surface area (Å²) >= 11 is 0. The number of fused-ring (bicyclic) bond motifs is 1. The molecule has 2 N–H and O–H groups in total. The topological polar surface area (TPSA) is 123 Å². The Hall–Kier alpha value is -4.49. The van der Waals surface area contributed by atoms with E-state index in [1.54, 1.807) is 32.0 Å². The van der Waals surface area contributed by atoms with E-state index in [0.717, 1.165) is 17.5 Å². The SMILES string of the molecule is C#CCOc1ccc(Nc2ncnc3cc(OC)c(CC(=O)[C@@H]4CCCN4C(=O)[C@@H](CC(=O)[C@H](C)NC)C(C)(C)C)cc23)cc1. The summed E-state index contributed by atoms with van der Waals surface area (Å²) in [5, 5.41) is 7.01. The number of ether oxygens (including phenoxy) is 2. The average molecular weight is 614 g/mol. The highest BCUT2D eigenvalue weighted by Crippen LogP contribution is 2.35. The molecule has 1 fully saturated rings. The van der Waals surface area contributed by atoms with Crippen LogP contribution in [0, 0.1) is 23.7 Å². The van der Waals surface area contributed by atoms with E-state index in [-0.39, 0.29) is 43.0 Å². The van der Waals surface area contributed by atoms with Crippen molar-refractivity contribution >= 4 is 39.9 Å². The van der Waals surface area contributed by atoms with Crippen molar-refractivity contribution in [1.82, 2.24) is 20.2 Å². The predicted octanol–water partition coefficient (Wildman–Crippen LogP) is 4.73. The van der Waals surface area contributed by atoms with Crippen molar-refractivity contribution < 1.29 is 23.9 Å². The van der Waals surface area contributed by atoms with Gasteiger partial charge in [-0.15, -0.1) is 6.42 Å². The van der Waals surface area contributed by atoms with Crippen molar-refractivity contribution in [1.29, 1.82) is 0 Å². The standard InChI is InChI=1S/C35H43N5O5/c1-8-16-45-25-13-11-24(12-14-25)39-33-26-17-23(32(44-7)20-28(26)37-21-38-33)18-31(42)29-10-9-15-40(29)34(43)27(35(3,4)5)19-30(41)22(2)36-6/h1,11-14,17,20-22,27,29,36H,9-10,15-16,18-19H2,2-7H3,(H,37,38,39)/t22-,27+,29-/m0/s1. The lowest BCUT2D eigenvalue weighted by atomic mass is 9.76. The number of methoxy groups -OCH3 is 1. The maximum Gasteiger partial charge on any atom is 0.227 e. The summed E-state index contributed by atoms with van der Waals surface area (Å²) in [6, 6.07) is 10.1. The number of aromatic nitrogens is 2. The minimum atomic E-state index is -0.570. The summed E-state index contributed by atoms with van der Waals surface area (Å²) in [4.78, 5) is 51.2. The smallest absolute Gasteiger partial charge is 0.227 e. The first kappa shape index (κ1) is 33.4. The maximum atomic E-state index is 13.9. The lowest BCUT2D eigenvalue weighted by Gasteiger charge is -2.35. The van der Waals surface area contributed by atoms with Crippen LogP contribution in [0.5, 0.6) is 11.5 Å². The first-order valence-electron chi connectivity index (χ1n) is 15.2. The Morgan fingerprint density at radius 2 is 1.89 bits per heavy atom. The van der Waals surface area contributed by atoms with E-state index in [2.05, 4.69) is 26.5 Å². The Morgan fingerprint density at radius 3 is 2.53 bits per heavy atom. The summed E-state index contributed by atoms with van der Waals surface area (Å²) in [7, 11) is 3.29. The molecule has 0 aliphatic carbocycles. The number of amides is 1. The fourth-order valence-electron chi connectivity index (χ4n) is 5.63. The molecule has 2 aromatic carbocycles. The molecule has 0 bridgehead atoms. The average Bonchev–Trinajstić information content (AvgIpc) is 3.52. The molecular weight excluding hydrogens is 570 g/mol. The molecule has 3 atom stereocenters. The van der Waals surface area contributed by atoms with E-state index in [9.17, 15) is 14.4 Å². The fraction of sp³-hybridized carbons (Fsp3) is 0.457. The molecule has 238 valence electrons. The Kier molecular flexibility index (Phi) is 10.8. The summed E-state index contributed by atoms with van der Waals surface area (Å²) in [6.07, 6.45) is 8.24. The maximum absolute atomic E-state index is 13.9. The van der Waals surface area contributed by atoms with Crippen LogP contribution in [0.2, 0.25) is 0 Å². The number of ketones is 2. The van der Waals surface area contributed by atoms with Crippen LogP contribution in [0.1, 0.15) is 52.5 Å². The van der Waals surface area contributed by atoms with E-state index in [1.807, 2.05) is 51.1 Å². The third-order valence-electron chi connectivity index (χ3n) is 8.41. The minimum Gasteiger partial charge on any atom is -0.496 e. The van der Waals surface area contributed by atoms with Gasteiger partial charge in [0.1, 0.15) is 36.0 Å². The van der Waals surface area contributed by atoms with Gasteiger partial charge in [-0.25, -0.2) is 9.97 Å². The molecule has 10 nitrogen and oxygen atoms in total. The van der Waals surface area contributed by atoms with Crippen LogP contribution in [0.15, 0.2) is 42.7 Å². The Morgan fingerprint density at radius 1 is 1.16 bits per heavy atom. The molecule has 1 aliphatic rings. The van der Waals surface area contributed by atoms with E-state index < -0.39 is 17.4 Å². The largest absolute Gasteiger partial charge is 0.496 e. The molecule has 0 unspecified atom stereocenters. The van der Waals surface area contributed by atoms with Gasteiger partial charge in [-0.1, -0.05) is 26.7 Å². The van der Waals surface area contributed by atoms with Gasteiger partial charge in [-0.3, -0.25) is 14.4 Å². The number of nitrogens with one attached hydrogen (secondary N) is 2. The van der Waals surface area contributed by atoms with E-state index in [4.69, 9.17) is 15.9 Å². The number of likely N-dealkylation sites (tertiary alicyclic amines) is 1. The van der Waals surface area contributed by atoms with Gasteiger partial charge in [-0.2, -0.15) is 0 Å². The highest BCUT2D eigenvalue weighted by atomic mass is 16.5. The fourth-order valence-corrected chi connectivity index (χ4v) is 5.63. The van der Waals surface area contributed by atoms with Gasteiger partial charge < -0.3 is 25.0 Å². The Bertz CT molecular complexity index is 1570. The number of Topliss-reactive ketones (excluding diaryl/α,β-unsaturated/α-hetero) is 2. The lowest BCUT2D eigenvalue weighted by Crippen LogP contribution is -2.48. The highest BCUT2D eigenvalue weighted by molar-refractivity contribution is 5.96. The summed E-state index contributed by atoms with van der Waals surface area (Å²) in [6.45, 7) is 8.37. The van der Waals surface area contributed by atoms with Crippen molar-refractivity contribution in [3.63, 3.8) is 0 Å². The van der Waals surface area contributed by atoms with Crippen LogP contribution in [-0.4, -0.2) is 71.7 Å². The number of carbonyl (C=O) groups is 3. The molecule has 1 amide bonds. The van der Waals surface area contributed by atoms with Crippen LogP contribution in [-0.2, 0) is 20.8 Å². The third kappa shape index (κ3) is 7.97. The van der Waals surface area contributed by atoms with Gasteiger partial charge in [0, 0.05) is 48.0 Å². The number of rotatable bonds is 13. The van der Waals surface area contributed by atoms with Gasteiger partial charge in [0.25, 0.3) is 0 Å². The molecule has 1 aliphatic heterocycles. The lowest BCUT2D eigenvalue weighted by molar-refractivity contribution is -0.145. The molecule has 0 saturated carbocycles. The quantitative estimate of drug-likeness (QED) is 0.264. The molecule has 4 rings (SSSR count). The molecule has 0 radical (unpaired) electrons. The molecule has 3 aromatic rings. The van der Waals surface area contributed by atoms with Crippen LogP contribution in [0.4, 0.5) is 11.5 Å². The first-order valence-corrected chi connectivity index (χ1v) is 15.2. The summed E-state index contributed by atoms with van der Waals surface area (Å²) < 4.78 is 11.1. The summed E-state index contributed by atoms with van der Waals surface area (Å²) in [5.41, 5.74) is 1.67. The number of hydrogen-bond acceptors (Lipinski definition) is 9. The molecule has 10 heteroatoms. The second kappa shape index (κ2) is 14.5.